The highest BCUT2D eigenvalue weighted by molar-refractivity contribution is 5.90. The smallest absolute Gasteiger partial charge is 0.319 e. The van der Waals surface area contributed by atoms with Crippen molar-refractivity contribution in [1.82, 2.24) is 10.6 Å². The van der Waals surface area contributed by atoms with E-state index in [2.05, 4.69) is 110 Å². The van der Waals surface area contributed by atoms with Crippen LogP contribution in [0.1, 0.15) is 204 Å². The maximum atomic E-state index is 12.8. The van der Waals surface area contributed by atoms with E-state index in [0.717, 1.165) is 94.3 Å². The fourth-order valence-corrected chi connectivity index (χ4v) is 25.4. The highest BCUT2D eigenvalue weighted by Crippen LogP contribution is 2.72. The Morgan fingerprint density at radius 1 is 0.419 bits per heavy atom. The van der Waals surface area contributed by atoms with E-state index in [0.29, 0.717) is 70.1 Å². The number of nitrogens with two attached hydrogens (primary N) is 1. The van der Waals surface area contributed by atoms with E-state index < -0.39 is 23.8 Å². The largest absolute Gasteiger partial charge is 0.390 e. The number of ether oxygens (including phenoxy) is 4. The number of carbonyl (C=O) groups excluding carboxylic acids is 2. The summed E-state index contributed by atoms with van der Waals surface area (Å²) in [5.74, 6) is 4.83. The van der Waals surface area contributed by atoms with Gasteiger partial charge in [0, 0.05) is 29.5 Å². The predicted molar refractivity (Wildman–Crippen MR) is 367 cm³/mol. The van der Waals surface area contributed by atoms with Crippen LogP contribution in [0.15, 0.2) is 97.1 Å². The molecule has 93 heavy (non-hydrogen) atoms. The molecule has 4 amide bonds. The third kappa shape index (κ3) is 11.0. The first-order valence-electron chi connectivity index (χ1n) is 37.1. The topological polar surface area (TPSA) is 186 Å². The Morgan fingerprint density at radius 3 is 1.20 bits per heavy atom. The van der Waals surface area contributed by atoms with E-state index >= 15 is 0 Å². The molecule has 0 bridgehead atoms. The summed E-state index contributed by atoms with van der Waals surface area (Å²) >= 11 is 0. The first kappa shape index (κ1) is 66.2. The molecule has 2 aromatic carbocycles. The minimum atomic E-state index is -0.737. The van der Waals surface area contributed by atoms with Gasteiger partial charge in [-0.25, -0.2) is 9.59 Å². The van der Waals surface area contributed by atoms with Crippen LogP contribution in [0, 0.1) is 104 Å². The first-order chi connectivity index (χ1) is 44.0. The number of urea groups is 2. The fourth-order valence-electron chi connectivity index (χ4n) is 25.4. The number of allylic oxidation sites excluding steroid dienone is 3. The zero-order chi connectivity index (χ0) is 65.7. The van der Waals surface area contributed by atoms with E-state index in [9.17, 15) is 19.8 Å². The fraction of sp³-hybridized carbons (Fsp3) is 0.750. The molecular formula is C80H117N5O8. The van der Waals surface area contributed by atoms with Gasteiger partial charge in [-0.15, -0.1) is 0 Å². The lowest BCUT2D eigenvalue weighted by Gasteiger charge is -2.63. The number of rotatable bonds is 4. The van der Waals surface area contributed by atoms with Gasteiger partial charge in [0.15, 0.2) is 11.6 Å². The SMILES string of the molecule is C=C1CCC2C3C(CC[C@]12C)[C@@]1(C)CC[C@@H](N)CC1[C@H]1OC(C)(C)O[C@H]31.C=C1CCC2C3C(CC[C@]12C)[C@@]1(C)CC[C@@H](NC(=O)Nc2ccccc2)CC1[C@@H](O)[C@@H]3O.C=C1CCC2C3C(CC[C@]12C)[C@@]1(C)CC[C@@H](NC(=O)Nc2ccccc2)CC1[C@H]1OC(C)(C)O[C@H]31. The third-order valence-corrected chi connectivity index (χ3v) is 30.5. The van der Waals surface area contributed by atoms with Crippen molar-refractivity contribution >= 4 is 23.4 Å². The van der Waals surface area contributed by atoms with E-state index in [1.54, 1.807) is 0 Å². The highest BCUT2D eigenvalue weighted by atomic mass is 16.8. The van der Waals surface area contributed by atoms with Crippen LogP contribution in [-0.4, -0.2) is 88.6 Å². The molecule has 2 aliphatic heterocycles. The monoisotopic (exact) mass is 1280 g/mol. The van der Waals surface area contributed by atoms with Crippen molar-refractivity contribution in [2.75, 3.05) is 10.6 Å². The Bertz CT molecular complexity index is 3180. The van der Waals surface area contributed by atoms with Gasteiger partial charge in [0.2, 0.25) is 0 Å². The lowest BCUT2D eigenvalue weighted by atomic mass is 9.43. The van der Waals surface area contributed by atoms with Crippen LogP contribution >= 0.6 is 0 Å². The molecule has 13 nitrogen and oxygen atoms in total. The molecule has 12 aliphatic carbocycles. The number of aliphatic hydroxyl groups is 2. The molecule has 14 fully saturated rings. The van der Waals surface area contributed by atoms with Gasteiger partial charge < -0.3 is 56.2 Å². The lowest BCUT2D eigenvalue weighted by Crippen LogP contribution is -2.64. The number of fused-ring (bicyclic) bond motifs is 21. The zero-order valence-corrected chi connectivity index (χ0v) is 58.3. The number of hydrogen-bond acceptors (Lipinski definition) is 9. The van der Waals surface area contributed by atoms with E-state index in [1.807, 2.05) is 60.7 Å². The molecule has 12 unspecified atom stereocenters. The second kappa shape index (κ2) is 23.8. The molecule has 14 aliphatic rings. The third-order valence-electron chi connectivity index (χ3n) is 30.5. The van der Waals surface area contributed by atoms with Crippen LogP contribution in [0.3, 0.4) is 0 Å². The van der Waals surface area contributed by atoms with Crippen LogP contribution in [-0.2, 0) is 18.9 Å². The molecular weight excluding hydrogens is 1160 g/mol. The molecule has 13 heteroatoms. The molecule has 8 N–H and O–H groups in total. The van der Waals surface area contributed by atoms with Crippen LogP contribution in [0.5, 0.6) is 0 Å². The van der Waals surface area contributed by atoms with Crippen LogP contribution in [0.2, 0.25) is 0 Å². The quantitative estimate of drug-likeness (QED) is 0.146. The van der Waals surface area contributed by atoms with Gasteiger partial charge >= 0.3 is 12.1 Å². The molecule has 510 valence electrons. The first-order valence-corrected chi connectivity index (χ1v) is 37.1. The Hall–Kier alpha value is -4.08. The number of aliphatic hydroxyl groups excluding tert-OH is 2. The second-order valence-corrected chi connectivity index (χ2v) is 35.5. The number of hydrogen-bond donors (Lipinski definition) is 7. The average Bonchev–Trinajstić information content (AvgIpc) is 1.66. The molecule has 16 rings (SSSR count). The summed E-state index contributed by atoms with van der Waals surface area (Å²) in [6.07, 6.45) is 23.0. The van der Waals surface area contributed by atoms with Gasteiger partial charge in [0.25, 0.3) is 0 Å². The summed E-state index contributed by atoms with van der Waals surface area (Å²) in [6, 6.07) is 19.3. The van der Waals surface area contributed by atoms with Gasteiger partial charge in [-0.3, -0.25) is 0 Å². The Morgan fingerprint density at radius 2 is 0.774 bits per heavy atom. The number of anilines is 2. The average molecular weight is 1280 g/mol. The number of carbonyl (C=O) groups is 2. The van der Waals surface area contributed by atoms with Gasteiger partial charge in [-0.05, 0) is 290 Å². The van der Waals surface area contributed by atoms with E-state index in [1.165, 1.54) is 74.5 Å². The van der Waals surface area contributed by atoms with Gasteiger partial charge in [-0.1, -0.05) is 114 Å². The van der Waals surface area contributed by atoms with Crippen molar-refractivity contribution < 1.29 is 38.7 Å². The normalized spacial score (nSPS) is 49.0. The molecule has 0 aromatic heterocycles. The summed E-state index contributed by atoms with van der Waals surface area (Å²) in [5.41, 5.74) is 13.6. The number of para-hydroxylation sites is 2. The number of amides is 4. The van der Waals surface area contributed by atoms with Crippen molar-refractivity contribution in [3.05, 3.63) is 97.1 Å². The van der Waals surface area contributed by atoms with Crippen molar-refractivity contribution in [2.24, 2.45) is 109 Å². The second-order valence-electron chi connectivity index (χ2n) is 35.5. The Kier molecular flexibility index (Phi) is 17.0. The van der Waals surface area contributed by atoms with E-state index in [4.69, 9.17) is 24.7 Å². The standard InChI is InChI=1S/C30H42N2O3.C27H38N2O3.C23H37NO2/c1-18-11-12-21-24-22(14-16-29(18,21)4)30(5)15-13-20(32-27(33)31-19-9-7-6-8-10-19)17-23(30)25-26(24)35-28(2,3)34-25;1-16-9-10-19-22-20(12-14-26(16,19)2)27(3)13-11-18(15-21(27)23(30)24(22)31)29-25(32)28-17-7-5-4-6-8-17;1-13-6-7-15-18-16(9-11-22(13,15)4)23(5)10-8-14(24)12-17(23)19-20(18)26-21(2,3)25-19/h6-10,20-26H,1,11-17H2,2-5H3,(H2,31,32,33);4-8,18-24,30-31H,1,9-15H2,2-3H3,(H2,28,29,32);14-20H,1,6-12,24H2,2-5H3/t20-,21?,22?,23?,24?,25-,26-,29-,30-;18-,19?,20?,21?,22?,23-,24-,26-,27-;14-,15?,16?,17?,18?,19-,20-,22-,23-/m111/s1. The van der Waals surface area contributed by atoms with Crippen molar-refractivity contribution in [3.8, 4) is 0 Å². The summed E-state index contributed by atoms with van der Waals surface area (Å²) < 4.78 is 26.7. The van der Waals surface area contributed by atoms with Gasteiger partial charge in [-0.2, -0.15) is 0 Å². The predicted octanol–water partition coefficient (Wildman–Crippen LogP) is 15.9. The zero-order valence-electron chi connectivity index (χ0n) is 58.3. The maximum Gasteiger partial charge on any atom is 0.319 e. The minimum Gasteiger partial charge on any atom is -0.390 e. The molecule has 0 spiro atoms. The van der Waals surface area contributed by atoms with Gasteiger partial charge in [0.05, 0.1) is 36.6 Å². The Balaban J connectivity index is 0.000000122. The van der Waals surface area contributed by atoms with Crippen molar-refractivity contribution in [3.63, 3.8) is 0 Å². The number of benzene rings is 2. The van der Waals surface area contributed by atoms with Crippen LogP contribution < -0.4 is 27.0 Å². The van der Waals surface area contributed by atoms with Crippen LogP contribution in [0.4, 0.5) is 21.0 Å². The highest BCUT2D eigenvalue weighted by Gasteiger charge is 2.71. The molecule has 0 radical (unpaired) electrons. The summed E-state index contributed by atoms with van der Waals surface area (Å²) in [4.78, 5) is 25.3. The molecule has 2 aromatic rings. The molecule has 2 saturated heterocycles. The maximum absolute atomic E-state index is 12.8. The number of nitrogens with one attached hydrogen (secondary N) is 4. The van der Waals surface area contributed by atoms with Crippen LogP contribution in [0.25, 0.3) is 0 Å². The molecule has 27 atom stereocenters. The summed E-state index contributed by atoms with van der Waals surface area (Å²) in [7, 11) is 0. The Labute approximate surface area is 557 Å². The summed E-state index contributed by atoms with van der Waals surface area (Å²) in [5, 5.41) is 35.0. The van der Waals surface area contributed by atoms with E-state index in [-0.39, 0.29) is 82.1 Å². The van der Waals surface area contributed by atoms with Crippen molar-refractivity contribution in [2.45, 2.75) is 270 Å². The van der Waals surface area contributed by atoms with Crippen molar-refractivity contribution in [1.29, 1.82) is 0 Å². The summed E-state index contributed by atoms with van der Waals surface area (Å²) in [6.45, 7) is 36.5. The lowest BCUT2D eigenvalue weighted by molar-refractivity contribution is -0.211. The van der Waals surface area contributed by atoms with Gasteiger partial charge in [0.1, 0.15) is 0 Å². The minimum absolute atomic E-state index is 0.00263. The molecule has 12 saturated carbocycles. The molecule has 2 heterocycles.